The summed E-state index contributed by atoms with van der Waals surface area (Å²) >= 11 is 0. The van der Waals surface area contributed by atoms with E-state index in [0.717, 1.165) is 5.39 Å². The quantitative estimate of drug-likeness (QED) is 0.526. The van der Waals surface area contributed by atoms with Crippen LogP contribution in [0.4, 0.5) is 5.69 Å². The Morgan fingerprint density at radius 3 is 2.21 bits per heavy atom. The van der Waals surface area contributed by atoms with Crippen molar-refractivity contribution >= 4 is 32.4 Å². The van der Waals surface area contributed by atoms with Gasteiger partial charge in [-0.1, -0.05) is 18.2 Å². The van der Waals surface area contributed by atoms with Crippen LogP contribution >= 0.6 is 0 Å². The highest BCUT2D eigenvalue weighted by Gasteiger charge is 2.17. The summed E-state index contributed by atoms with van der Waals surface area (Å²) in [4.78, 5) is 20.6. The van der Waals surface area contributed by atoms with Gasteiger partial charge in [0.1, 0.15) is 0 Å². The van der Waals surface area contributed by atoms with Crippen LogP contribution in [-0.4, -0.2) is 24.2 Å². The monoisotopic (exact) mass is 389 g/mol. The number of pyridine rings is 2. The molecule has 0 amide bonds. The van der Waals surface area contributed by atoms with E-state index < -0.39 is 10.0 Å². The van der Waals surface area contributed by atoms with E-state index in [-0.39, 0.29) is 10.7 Å². The summed E-state index contributed by atoms with van der Waals surface area (Å²) in [5.41, 5.74) is 1.86. The molecule has 0 bridgehead atoms. The Labute approximate surface area is 162 Å². The van der Waals surface area contributed by atoms with Crippen molar-refractivity contribution in [1.29, 1.82) is 0 Å². The number of para-hydroxylation sites is 1. The summed E-state index contributed by atoms with van der Waals surface area (Å²) in [6.45, 7) is 0. The number of nitrogens with one attached hydrogen (secondary N) is 1. The molecule has 0 saturated carbocycles. The number of fused-ring (bicyclic) bond motifs is 1. The first kappa shape index (κ1) is 17.8. The van der Waals surface area contributed by atoms with Crippen LogP contribution in [0.25, 0.3) is 10.9 Å². The Morgan fingerprint density at radius 2 is 1.46 bits per heavy atom. The van der Waals surface area contributed by atoms with E-state index >= 15 is 0 Å². The lowest BCUT2D eigenvalue weighted by atomic mass is 10.1. The standard InChI is InChI=1S/C21H15N3O3S/c25-21(17-10-13-22-14-11-17)16-6-8-18(9-7-16)28(26,27)24-19-5-1-3-15-4-2-12-23-20(15)19/h1-14,24H. The molecule has 0 aliphatic rings. The minimum atomic E-state index is -3.82. The fraction of sp³-hybridized carbons (Fsp3) is 0. The maximum atomic E-state index is 12.8. The van der Waals surface area contributed by atoms with Crippen LogP contribution in [0.15, 0.2) is 90.2 Å². The normalized spacial score (nSPS) is 11.3. The van der Waals surface area contributed by atoms with Gasteiger partial charge in [0.25, 0.3) is 10.0 Å². The molecule has 0 spiro atoms. The van der Waals surface area contributed by atoms with E-state index in [0.29, 0.717) is 22.3 Å². The number of carbonyl (C=O) groups excluding carboxylic acids is 1. The van der Waals surface area contributed by atoms with Crippen LogP contribution < -0.4 is 4.72 Å². The van der Waals surface area contributed by atoms with Crippen molar-refractivity contribution in [3.05, 3.63) is 96.4 Å². The smallest absolute Gasteiger partial charge is 0.261 e. The molecule has 0 unspecified atom stereocenters. The summed E-state index contributed by atoms with van der Waals surface area (Å²) < 4.78 is 28.1. The zero-order chi connectivity index (χ0) is 19.6. The summed E-state index contributed by atoms with van der Waals surface area (Å²) in [6.07, 6.45) is 4.68. The number of anilines is 1. The lowest BCUT2D eigenvalue weighted by Crippen LogP contribution is -2.13. The van der Waals surface area contributed by atoms with Gasteiger partial charge in [-0.25, -0.2) is 8.42 Å². The Morgan fingerprint density at radius 1 is 0.786 bits per heavy atom. The minimum absolute atomic E-state index is 0.0618. The second kappa shape index (κ2) is 7.21. The first-order chi connectivity index (χ1) is 13.5. The SMILES string of the molecule is O=C(c1ccncc1)c1ccc(S(=O)(=O)Nc2cccc3cccnc23)cc1. The predicted molar refractivity (Wildman–Crippen MR) is 107 cm³/mol. The molecule has 2 heterocycles. The van der Waals surface area contributed by atoms with Crippen molar-refractivity contribution < 1.29 is 13.2 Å². The molecule has 7 heteroatoms. The van der Waals surface area contributed by atoms with E-state index in [1.165, 1.54) is 36.7 Å². The van der Waals surface area contributed by atoms with Gasteiger partial charge in [0.05, 0.1) is 16.1 Å². The molecule has 2 aromatic heterocycles. The zero-order valence-corrected chi connectivity index (χ0v) is 15.4. The summed E-state index contributed by atoms with van der Waals surface area (Å²) in [5, 5.41) is 0.834. The first-order valence-corrected chi connectivity index (χ1v) is 9.94. The highest BCUT2D eigenvalue weighted by atomic mass is 32.2. The van der Waals surface area contributed by atoms with Gasteiger partial charge in [-0.05, 0) is 48.5 Å². The van der Waals surface area contributed by atoms with Crippen LogP contribution in [-0.2, 0) is 10.0 Å². The van der Waals surface area contributed by atoms with Gasteiger partial charge in [0.2, 0.25) is 0 Å². The summed E-state index contributed by atoms with van der Waals surface area (Å²) in [7, 11) is -3.82. The number of carbonyl (C=O) groups is 1. The Balaban J connectivity index is 1.62. The average Bonchev–Trinajstić information content (AvgIpc) is 2.74. The molecule has 138 valence electrons. The summed E-state index contributed by atoms with van der Waals surface area (Å²) in [6, 6.07) is 18.0. The molecule has 0 aliphatic carbocycles. The van der Waals surface area contributed by atoms with Gasteiger partial charge < -0.3 is 0 Å². The average molecular weight is 389 g/mol. The molecule has 0 aliphatic heterocycles. The number of aromatic nitrogens is 2. The molecule has 28 heavy (non-hydrogen) atoms. The van der Waals surface area contributed by atoms with Crippen LogP contribution in [0.3, 0.4) is 0 Å². The van der Waals surface area contributed by atoms with Crippen molar-refractivity contribution in [3.63, 3.8) is 0 Å². The molecule has 0 radical (unpaired) electrons. The Hall–Kier alpha value is -3.58. The molecule has 4 rings (SSSR count). The number of sulfonamides is 1. The highest BCUT2D eigenvalue weighted by molar-refractivity contribution is 7.92. The van der Waals surface area contributed by atoms with Gasteiger partial charge in [0.15, 0.2) is 5.78 Å². The number of rotatable bonds is 5. The third-order valence-electron chi connectivity index (χ3n) is 4.25. The maximum Gasteiger partial charge on any atom is 0.261 e. The van der Waals surface area contributed by atoms with Crippen LogP contribution in [0.1, 0.15) is 15.9 Å². The fourth-order valence-electron chi connectivity index (χ4n) is 2.85. The molecule has 6 nitrogen and oxygen atoms in total. The van der Waals surface area contributed by atoms with E-state index in [4.69, 9.17) is 0 Å². The molecule has 0 atom stereocenters. The van der Waals surface area contributed by atoms with Gasteiger partial charge in [0, 0.05) is 35.1 Å². The van der Waals surface area contributed by atoms with E-state index in [9.17, 15) is 13.2 Å². The largest absolute Gasteiger partial charge is 0.289 e. The van der Waals surface area contributed by atoms with Crippen LogP contribution in [0, 0.1) is 0 Å². The molecule has 0 fully saturated rings. The topological polar surface area (TPSA) is 89.0 Å². The number of nitrogens with zero attached hydrogens (tertiary/aromatic N) is 2. The Kier molecular flexibility index (Phi) is 4.58. The third-order valence-corrected chi connectivity index (χ3v) is 5.63. The van der Waals surface area contributed by atoms with E-state index in [1.54, 1.807) is 36.5 Å². The minimum Gasteiger partial charge on any atom is -0.289 e. The number of hydrogen-bond acceptors (Lipinski definition) is 5. The molecular formula is C21H15N3O3S. The molecule has 0 saturated heterocycles. The fourth-order valence-corrected chi connectivity index (χ4v) is 3.91. The van der Waals surface area contributed by atoms with Crippen molar-refractivity contribution in [2.45, 2.75) is 4.90 Å². The number of ketones is 1. The Bertz CT molecular complexity index is 1250. The maximum absolute atomic E-state index is 12.8. The van der Waals surface area contributed by atoms with Crippen molar-refractivity contribution in [2.24, 2.45) is 0 Å². The lowest BCUT2D eigenvalue weighted by molar-refractivity contribution is 0.103. The molecular weight excluding hydrogens is 374 g/mol. The second-order valence-electron chi connectivity index (χ2n) is 6.08. The van der Waals surface area contributed by atoms with Crippen molar-refractivity contribution in [3.8, 4) is 0 Å². The first-order valence-electron chi connectivity index (χ1n) is 8.46. The predicted octanol–water partition coefficient (Wildman–Crippen LogP) is 3.66. The van der Waals surface area contributed by atoms with E-state index in [1.807, 2.05) is 12.1 Å². The molecule has 4 aromatic rings. The van der Waals surface area contributed by atoms with Gasteiger partial charge in [-0.2, -0.15) is 0 Å². The van der Waals surface area contributed by atoms with Crippen LogP contribution in [0.5, 0.6) is 0 Å². The van der Waals surface area contributed by atoms with Gasteiger partial charge >= 0.3 is 0 Å². The molecule has 2 aromatic carbocycles. The molecule has 1 N–H and O–H groups in total. The van der Waals surface area contributed by atoms with Crippen LogP contribution in [0.2, 0.25) is 0 Å². The zero-order valence-electron chi connectivity index (χ0n) is 14.6. The number of hydrogen-bond donors (Lipinski definition) is 1. The third kappa shape index (κ3) is 3.47. The highest BCUT2D eigenvalue weighted by Crippen LogP contribution is 2.24. The summed E-state index contributed by atoms with van der Waals surface area (Å²) in [5.74, 6) is -0.197. The van der Waals surface area contributed by atoms with E-state index in [2.05, 4.69) is 14.7 Å². The second-order valence-corrected chi connectivity index (χ2v) is 7.76. The lowest BCUT2D eigenvalue weighted by Gasteiger charge is -2.10. The number of benzene rings is 2. The van der Waals surface area contributed by atoms with Gasteiger partial charge in [-0.15, -0.1) is 0 Å². The van der Waals surface area contributed by atoms with Crippen molar-refractivity contribution in [1.82, 2.24) is 9.97 Å². The van der Waals surface area contributed by atoms with Gasteiger partial charge in [-0.3, -0.25) is 19.5 Å². The van der Waals surface area contributed by atoms with Crippen molar-refractivity contribution in [2.75, 3.05) is 4.72 Å².